The van der Waals surface area contributed by atoms with E-state index in [4.69, 9.17) is 0 Å². The Balaban J connectivity index is -0.00000200. The fourth-order valence-electron chi connectivity index (χ4n) is 2.80. The molecule has 0 aromatic heterocycles. The van der Waals surface area contributed by atoms with Crippen LogP contribution >= 0.6 is 0 Å². The van der Waals surface area contributed by atoms with Crippen molar-refractivity contribution in [3.63, 3.8) is 0 Å². The predicted molar refractivity (Wildman–Crippen MR) is 79.1 cm³/mol. The monoisotopic (exact) mass is 344 g/mol. The number of carbonyl (C=O) groups is 2. The van der Waals surface area contributed by atoms with E-state index in [-0.39, 0.29) is 65.5 Å². The molecule has 0 unspecified atom stereocenters. The van der Waals surface area contributed by atoms with Gasteiger partial charge in [0.25, 0.3) is 0 Å². The Bertz CT molecular complexity index is 324. The third-order valence-corrected chi connectivity index (χ3v) is 4.38. The maximum absolute atomic E-state index is 11.4. The molecule has 124 valence electrons. The number of hydrogen-bond donors (Lipinski definition) is 0. The molecule has 23 heavy (non-hydrogen) atoms. The number of carboxylic acid groups (broad SMARTS) is 2. The quantitative estimate of drug-likeness (QED) is 0.218. The van der Waals surface area contributed by atoms with Crippen LogP contribution < -0.4 is 69.3 Å². The predicted octanol–water partition coefficient (Wildman–Crippen LogP) is -3.94. The van der Waals surface area contributed by atoms with Crippen LogP contribution in [0.25, 0.3) is 0 Å². The van der Waals surface area contributed by atoms with Crippen molar-refractivity contribution in [3.8, 4) is 0 Å². The second kappa shape index (κ2) is 14.1. The summed E-state index contributed by atoms with van der Waals surface area (Å²) in [5.74, 6) is -3.06. The van der Waals surface area contributed by atoms with Gasteiger partial charge in [-0.3, -0.25) is 0 Å². The first-order valence-corrected chi connectivity index (χ1v) is 8.13. The molecule has 4 nitrogen and oxygen atoms in total. The van der Waals surface area contributed by atoms with Gasteiger partial charge in [0.1, 0.15) is 0 Å². The van der Waals surface area contributed by atoms with E-state index in [0.717, 1.165) is 19.3 Å². The number of carboxylic acids is 2. The zero-order valence-electron chi connectivity index (χ0n) is 16.0. The third kappa shape index (κ3) is 9.27. The van der Waals surface area contributed by atoms with Crippen molar-refractivity contribution in [2.75, 3.05) is 0 Å². The van der Waals surface area contributed by atoms with Crippen molar-refractivity contribution in [2.24, 2.45) is 10.8 Å². The summed E-state index contributed by atoms with van der Waals surface area (Å²) < 4.78 is 0. The Morgan fingerprint density at radius 3 is 1.39 bits per heavy atom. The van der Waals surface area contributed by atoms with Crippen LogP contribution in [0.5, 0.6) is 0 Å². The summed E-state index contributed by atoms with van der Waals surface area (Å²) in [5, 5.41) is 22.8. The largest absolute Gasteiger partial charge is 1.00 e. The number of rotatable bonds is 11. The number of aliphatic carboxylic acids is 2. The molecule has 0 radical (unpaired) electrons. The molecular formula is C17H30Na2O4. The molecule has 0 amide bonds. The summed E-state index contributed by atoms with van der Waals surface area (Å²) in [6, 6.07) is 0. The SMILES string of the molecule is CCCCCCCCCCC(C(=O)[O-])(C(=O)[O-])C(C)(C)C.[Na+].[Na+]. The molecule has 0 heterocycles. The Kier molecular flexibility index (Phi) is 17.7. The number of unbranched alkanes of at least 4 members (excludes halogenated alkanes) is 7. The average Bonchev–Trinajstić information content (AvgIpc) is 2.34. The minimum atomic E-state index is -1.91. The summed E-state index contributed by atoms with van der Waals surface area (Å²) in [4.78, 5) is 22.8. The molecule has 0 aliphatic rings. The summed E-state index contributed by atoms with van der Waals surface area (Å²) in [6.45, 7) is 7.02. The summed E-state index contributed by atoms with van der Waals surface area (Å²) in [7, 11) is 0. The second-order valence-electron chi connectivity index (χ2n) is 6.96. The van der Waals surface area contributed by atoms with Gasteiger partial charge in [-0.25, -0.2) is 0 Å². The molecule has 0 saturated heterocycles. The van der Waals surface area contributed by atoms with Crippen LogP contribution in [0.2, 0.25) is 0 Å². The smallest absolute Gasteiger partial charge is 0.549 e. The summed E-state index contributed by atoms with van der Waals surface area (Å²) in [6.07, 6.45) is 8.55. The van der Waals surface area contributed by atoms with E-state index in [0.29, 0.717) is 6.42 Å². The standard InChI is InChI=1S/C17H32O4.2Na/c1-5-6-7-8-9-10-11-12-13-17(14(18)19,15(20)21)16(2,3)4;;/h5-13H2,1-4H3,(H,18,19)(H,20,21);;/q;2*+1/p-2. The van der Waals surface area contributed by atoms with Gasteiger partial charge in [-0.05, 0) is 11.8 Å². The van der Waals surface area contributed by atoms with Crippen molar-refractivity contribution in [2.45, 2.75) is 85.5 Å². The molecule has 0 aliphatic carbocycles. The molecule has 6 heteroatoms. The minimum absolute atomic E-state index is 0. The van der Waals surface area contributed by atoms with Crippen LogP contribution in [0.3, 0.4) is 0 Å². The molecular weight excluding hydrogens is 314 g/mol. The molecule has 0 spiro atoms. The van der Waals surface area contributed by atoms with Gasteiger partial charge >= 0.3 is 59.1 Å². The first-order valence-electron chi connectivity index (χ1n) is 8.13. The maximum atomic E-state index is 11.4. The minimum Gasteiger partial charge on any atom is -0.549 e. The van der Waals surface area contributed by atoms with E-state index in [1.54, 1.807) is 20.8 Å². The van der Waals surface area contributed by atoms with Crippen molar-refractivity contribution in [3.05, 3.63) is 0 Å². The van der Waals surface area contributed by atoms with E-state index in [1.165, 1.54) is 25.7 Å². The summed E-state index contributed by atoms with van der Waals surface area (Å²) in [5.41, 5.74) is -2.83. The van der Waals surface area contributed by atoms with Crippen molar-refractivity contribution < 1.29 is 78.9 Å². The van der Waals surface area contributed by atoms with Gasteiger partial charge in [0.15, 0.2) is 0 Å². The Morgan fingerprint density at radius 2 is 1.09 bits per heavy atom. The fourth-order valence-corrected chi connectivity index (χ4v) is 2.80. The van der Waals surface area contributed by atoms with Crippen LogP contribution in [-0.4, -0.2) is 11.9 Å². The molecule has 0 aliphatic heterocycles. The maximum Gasteiger partial charge on any atom is 1.00 e. The Morgan fingerprint density at radius 1 is 0.739 bits per heavy atom. The van der Waals surface area contributed by atoms with E-state index in [2.05, 4.69) is 6.92 Å². The molecule has 0 bridgehead atoms. The second-order valence-corrected chi connectivity index (χ2v) is 6.96. The Labute approximate surface area is 185 Å². The molecule has 0 fully saturated rings. The van der Waals surface area contributed by atoms with Crippen LogP contribution in [0.15, 0.2) is 0 Å². The number of hydrogen-bond acceptors (Lipinski definition) is 4. The topological polar surface area (TPSA) is 80.3 Å². The van der Waals surface area contributed by atoms with Gasteiger partial charge in [-0.1, -0.05) is 79.1 Å². The van der Waals surface area contributed by atoms with Gasteiger partial charge in [0.2, 0.25) is 0 Å². The molecule has 0 aromatic carbocycles. The van der Waals surface area contributed by atoms with E-state index >= 15 is 0 Å². The average molecular weight is 344 g/mol. The first-order chi connectivity index (χ1) is 9.70. The van der Waals surface area contributed by atoms with Gasteiger partial charge in [-0.15, -0.1) is 0 Å². The van der Waals surface area contributed by atoms with E-state index in [9.17, 15) is 19.8 Å². The van der Waals surface area contributed by atoms with Crippen molar-refractivity contribution in [1.82, 2.24) is 0 Å². The van der Waals surface area contributed by atoms with Crippen LogP contribution in [-0.2, 0) is 9.59 Å². The van der Waals surface area contributed by atoms with E-state index in [1.807, 2.05) is 0 Å². The molecule has 0 saturated carbocycles. The normalized spacial score (nSPS) is 11.3. The molecule has 0 atom stereocenters. The zero-order valence-corrected chi connectivity index (χ0v) is 20.0. The first kappa shape index (κ1) is 28.7. The van der Waals surface area contributed by atoms with Crippen LogP contribution in [0.1, 0.15) is 85.5 Å². The molecule has 0 aromatic rings. The fraction of sp³-hybridized carbons (Fsp3) is 0.882. The molecule has 0 rings (SSSR count). The van der Waals surface area contributed by atoms with Gasteiger partial charge in [0, 0.05) is 0 Å². The van der Waals surface area contributed by atoms with Gasteiger partial charge in [-0.2, -0.15) is 0 Å². The summed E-state index contributed by atoms with van der Waals surface area (Å²) >= 11 is 0. The number of carbonyl (C=O) groups excluding carboxylic acids is 2. The third-order valence-electron chi connectivity index (χ3n) is 4.38. The van der Waals surface area contributed by atoms with Crippen molar-refractivity contribution >= 4 is 11.9 Å². The van der Waals surface area contributed by atoms with E-state index < -0.39 is 22.8 Å². The zero-order chi connectivity index (χ0) is 16.5. The van der Waals surface area contributed by atoms with Gasteiger partial charge < -0.3 is 19.8 Å². The van der Waals surface area contributed by atoms with Gasteiger partial charge in [0.05, 0.1) is 17.4 Å². The Hall–Kier alpha value is 0.940. The molecule has 0 N–H and O–H groups in total. The van der Waals surface area contributed by atoms with Crippen LogP contribution in [0, 0.1) is 10.8 Å². The van der Waals surface area contributed by atoms with Crippen LogP contribution in [0.4, 0.5) is 0 Å². The van der Waals surface area contributed by atoms with Crippen molar-refractivity contribution in [1.29, 1.82) is 0 Å².